The van der Waals surface area contributed by atoms with E-state index in [0.717, 1.165) is 30.4 Å². The molecule has 0 saturated carbocycles. The molecular weight excluding hydrogens is 493 g/mol. The van der Waals surface area contributed by atoms with Crippen molar-refractivity contribution in [2.24, 2.45) is 4.99 Å². The standard InChI is InChI=1S/C22H31N5O2.HI/c1-4-27-12-6-7-18(27)16-26-22(23-2)25-15-17-10-11-21(24-14-17)29-20-9-5-8-19(13-20)28-3;/h5,8-11,13-14,18H,4,6-7,12,15-16H2,1-3H3,(H2,23,25,26);1H. The molecule has 164 valence electrons. The first kappa shape index (κ1) is 24.2. The normalized spacial score (nSPS) is 16.6. The molecule has 2 N–H and O–H groups in total. The molecule has 2 aromatic rings. The molecule has 1 fully saturated rings. The fourth-order valence-corrected chi connectivity index (χ4v) is 3.52. The summed E-state index contributed by atoms with van der Waals surface area (Å²) in [6.45, 7) is 6.09. The van der Waals surface area contributed by atoms with E-state index >= 15 is 0 Å². The van der Waals surface area contributed by atoms with Gasteiger partial charge in [0.1, 0.15) is 11.5 Å². The van der Waals surface area contributed by atoms with Gasteiger partial charge in [0.2, 0.25) is 5.88 Å². The van der Waals surface area contributed by atoms with E-state index in [1.807, 2.05) is 42.6 Å². The number of benzene rings is 1. The quantitative estimate of drug-likeness (QED) is 0.312. The van der Waals surface area contributed by atoms with Gasteiger partial charge in [-0.25, -0.2) is 4.98 Å². The highest BCUT2D eigenvalue weighted by molar-refractivity contribution is 14.0. The molecule has 1 aromatic heterocycles. The maximum atomic E-state index is 5.79. The predicted molar refractivity (Wildman–Crippen MR) is 131 cm³/mol. The summed E-state index contributed by atoms with van der Waals surface area (Å²) >= 11 is 0. The summed E-state index contributed by atoms with van der Waals surface area (Å²) in [5.41, 5.74) is 1.06. The van der Waals surface area contributed by atoms with Crippen molar-refractivity contribution in [1.29, 1.82) is 0 Å². The summed E-state index contributed by atoms with van der Waals surface area (Å²) in [5, 5.41) is 6.79. The van der Waals surface area contributed by atoms with E-state index in [4.69, 9.17) is 9.47 Å². The Morgan fingerprint density at radius 1 is 1.23 bits per heavy atom. The largest absolute Gasteiger partial charge is 0.497 e. The van der Waals surface area contributed by atoms with Crippen LogP contribution in [0, 0.1) is 0 Å². The molecule has 0 amide bonds. The van der Waals surface area contributed by atoms with Crippen LogP contribution in [0.3, 0.4) is 0 Å². The van der Waals surface area contributed by atoms with E-state index in [9.17, 15) is 0 Å². The summed E-state index contributed by atoms with van der Waals surface area (Å²) in [6, 6.07) is 11.9. The topological polar surface area (TPSA) is 71.0 Å². The molecule has 0 spiro atoms. The summed E-state index contributed by atoms with van der Waals surface area (Å²) in [6.07, 6.45) is 4.34. The maximum Gasteiger partial charge on any atom is 0.219 e. The zero-order valence-electron chi connectivity index (χ0n) is 17.9. The lowest BCUT2D eigenvalue weighted by molar-refractivity contribution is 0.267. The van der Waals surface area contributed by atoms with Crippen LogP contribution in [-0.2, 0) is 6.54 Å². The van der Waals surface area contributed by atoms with Crippen molar-refractivity contribution in [3.8, 4) is 17.4 Å². The van der Waals surface area contributed by atoms with Gasteiger partial charge in [-0.05, 0) is 43.6 Å². The first-order valence-electron chi connectivity index (χ1n) is 10.2. The molecule has 2 heterocycles. The van der Waals surface area contributed by atoms with E-state index in [2.05, 4.69) is 32.4 Å². The van der Waals surface area contributed by atoms with E-state index < -0.39 is 0 Å². The first-order chi connectivity index (χ1) is 14.2. The molecule has 0 bridgehead atoms. The average Bonchev–Trinajstić information content (AvgIpc) is 3.22. The van der Waals surface area contributed by atoms with Gasteiger partial charge in [-0.15, -0.1) is 24.0 Å². The third-order valence-electron chi connectivity index (χ3n) is 5.16. The highest BCUT2D eigenvalue weighted by atomic mass is 127. The predicted octanol–water partition coefficient (Wildman–Crippen LogP) is 3.65. The maximum absolute atomic E-state index is 5.79. The molecule has 0 radical (unpaired) electrons. The van der Waals surface area contributed by atoms with Crippen molar-refractivity contribution in [1.82, 2.24) is 20.5 Å². The lowest BCUT2D eigenvalue weighted by atomic mass is 10.2. The number of hydrogen-bond acceptors (Lipinski definition) is 5. The number of likely N-dealkylation sites (tertiary alicyclic amines) is 1. The zero-order chi connectivity index (χ0) is 20.5. The second kappa shape index (κ2) is 12.6. The Morgan fingerprint density at radius 3 is 2.77 bits per heavy atom. The number of ether oxygens (including phenoxy) is 2. The van der Waals surface area contributed by atoms with Crippen molar-refractivity contribution in [3.63, 3.8) is 0 Å². The van der Waals surface area contributed by atoms with Gasteiger partial charge in [0.25, 0.3) is 0 Å². The third kappa shape index (κ3) is 7.02. The fourth-order valence-electron chi connectivity index (χ4n) is 3.52. The lowest BCUT2D eigenvalue weighted by Gasteiger charge is -2.24. The molecule has 7 nitrogen and oxygen atoms in total. The van der Waals surface area contributed by atoms with Crippen LogP contribution in [-0.4, -0.2) is 55.7 Å². The third-order valence-corrected chi connectivity index (χ3v) is 5.16. The van der Waals surface area contributed by atoms with Crippen molar-refractivity contribution in [2.45, 2.75) is 32.4 Å². The fraction of sp³-hybridized carbons (Fsp3) is 0.455. The van der Waals surface area contributed by atoms with Crippen LogP contribution >= 0.6 is 24.0 Å². The minimum absolute atomic E-state index is 0. The molecule has 0 aliphatic carbocycles. The average molecular weight is 525 g/mol. The summed E-state index contributed by atoms with van der Waals surface area (Å²) < 4.78 is 11.0. The second-order valence-corrected chi connectivity index (χ2v) is 7.02. The number of aliphatic imine (C=N–C) groups is 1. The Morgan fingerprint density at radius 2 is 2.07 bits per heavy atom. The Hall–Kier alpha value is -2.07. The molecule has 8 heteroatoms. The molecule has 3 rings (SSSR count). The number of methoxy groups -OCH3 is 1. The van der Waals surface area contributed by atoms with E-state index in [-0.39, 0.29) is 24.0 Å². The van der Waals surface area contributed by atoms with Crippen LogP contribution < -0.4 is 20.1 Å². The molecule has 1 aliphatic heterocycles. The zero-order valence-corrected chi connectivity index (χ0v) is 20.3. The molecule has 1 aliphatic rings. The number of guanidine groups is 1. The summed E-state index contributed by atoms with van der Waals surface area (Å²) in [7, 11) is 3.43. The molecule has 1 aromatic carbocycles. The number of halogens is 1. The van der Waals surface area contributed by atoms with Gasteiger partial charge < -0.3 is 20.1 Å². The van der Waals surface area contributed by atoms with E-state index in [1.165, 1.54) is 19.4 Å². The summed E-state index contributed by atoms with van der Waals surface area (Å²) in [4.78, 5) is 11.2. The van der Waals surface area contributed by atoms with Crippen LogP contribution in [0.2, 0.25) is 0 Å². The van der Waals surface area contributed by atoms with Gasteiger partial charge in [-0.3, -0.25) is 9.89 Å². The van der Waals surface area contributed by atoms with Crippen LogP contribution in [0.5, 0.6) is 17.4 Å². The number of aromatic nitrogens is 1. The molecule has 1 unspecified atom stereocenters. The first-order valence-corrected chi connectivity index (χ1v) is 10.2. The minimum atomic E-state index is 0. The number of rotatable bonds is 8. The van der Waals surface area contributed by atoms with Crippen LogP contribution in [0.4, 0.5) is 0 Å². The van der Waals surface area contributed by atoms with Crippen molar-refractivity contribution < 1.29 is 9.47 Å². The Balaban J connectivity index is 0.00000320. The van der Waals surface area contributed by atoms with Gasteiger partial charge in [0.05, 0.1) is 7.11 Å². The Bertz CT molecular complexity index is 800. The van der Waals surface area contributed by atoms with Crippen LogP contribution in [0.1, 0.15) is 25.3 Å². The molecule has 30 heavy (non-hydrogen) atoms. The van der Waals surface area contributed by atoms with Gasteiger partial charge in [0, 0.05) is 44.5 Å². The van der Waals surface area contributed by atoms with Crippen LogP contribution in [0.25, 0.3) is 0 Å². The Labute approximate surface area is 196 Å². The van der Waals surface area contributed by atoms with Crippen LogP contribution in [0.15, 0.2) is 47.6 Å². The monoisotopic (exact) mass is 525 g/mol. The van der Waals surface area contributed by atoms with Gasteiger partial charge in [0.15, 0.2) is 5.96 Å². The number of pyridine rings is 1. The van der Waals surface area contributed by atoms with Crippen molar-refractivity contribution in [3.05, 3.63) is 48.2 Å². The second-order valence-electron chi connectivity index (χ2n) is 7.02. The highest BCUT2D eigenvalue weighted by Gasteiger charge is 2.22. The molecular formula is C22H32IN5O2. The van der Waals surface area contributed by atoms with Crippen molar-refractivity contribution in [2.75, 3.05) is 33.8 Å². The van der Waals surface area contributed by atoms with Gasteiger partial charge >= 0.3 is 0 Å². The highest BCUT2D eigenvalue weighted by Crippen LogP contribution is 2.23. The number of hydrogen-bond donors (Lipinski definition) is 2. The summed E-state index contributed by atoms with van der Waals surface area (Å²) in [5.74, 6) is 2.80. The van der Waals surface area contributed by atoms with Crippen molar-refractivity contribution >= 4 is 29.9 Å². The van der Waals surface area contributed by atoms with Gasteiger partial charge in [-0.1, -0.05) is 19.1 Å². The molecule has 1 atom stereocenters. The molecule has 1 saturated heterocycles. The van der Waals surface area contributed by atoms with E-state index in [1.54, 1.807) is 14.2 Å². The SMILES string of the molecule is CCN1CCCC1CNC(=NC)NCc1ccc(Oc2cccc(OC)c2)nc1.I. The smallest absolute Gasteiger partial charge is 0.219 e. The number of nitrogens with zero attached hydrogens (tertiary/aromatic N) is 3. The minimum Gasteiger partial charge on any atom is -0.497 e. The number of nitrogens with one attached hydrogen (secondary N) is 2. The Kier molecular flexibility index (Phi) is 10.2. The van der Waals surface area contributed by atoms with Gasteiger partial charge in [-0.2, -0.15) is 0 Å². The number of likely N-dealkylation sites (N-methyl/N-ethyl adjacent to an activating group) is 1. The van der Waals surface area contributed by atoms with E-state index in [0.29, 0.717) is 24.2 Å². The lowest BCUT2D eigenvalue weighted by Crippen LogP contribution is -2.44.